The van der Waals surface area contributed by atoms with Crippen LogP contribution < -0.4 is 4.90 Å². The van der Waals surface area contributed by atoms with Gasteiger partial charge in [-0.3, -0.25) is 0 Å². The second-order valence-corrected chi connectivity index (χ2v) is 5.04. The van der Waals surface area contributed by atoms with Crippen molar-refractivity contribution in [3.8, 4) is 11.4 Å². The van der Waals surface area contributed by atoms with Crippen LogP contribution >= 0.6 is 0 Å². The van der Waals surface area contributed by atoms with Crippen LogP contribution in [0.15, 0.2) is 18.3 Å². The maximum atomic E-state index is 9.70. The lowest BCUT2D eigenvalue weighted by Crippen LogP contribution is -2.13. The average molecular weight is 291 g/mol. The van der Waals surface area contributed by atoms with Crippen molar-refractivity contribution in [2.45, 2.75) is 26.0 Å². The van der Waals surface area contributed by atoms with Gasteiger partial charge in [0, 0.05) is 33.4 Å². The fraction of sp³-hybridized carbons (Fsp3) is 0.500. The van der Waals surface area contributed by atoms with E-state index in [0.717, 1.165) is 11.4 Å². The Bertz CT molecular complexity index is 595. The minimum atomic E-state index is -0.737. The molecule has 2 N–H and O–H groups in total. The smallest absolute Gasteiger partial charge is 0.179 e. The van der Waals surface area contributed by atoms with E-state index in [1.807, 2.05) is 31.1 Å². The molecular weight excluding hydrogens is 270 g/mol. The summed E-state index contributed by atoms with van der Waals surface area (Å²) in [6.07, 6.45) is 1.56. The summed E-state index contributed by atoms with van der Waals surface area (Å²) in [5, 5.41) is 23.0. The normalized spacial score (nSPS) is 12.4. The van der Waals surface area contributed by atoms with E-state index in [1.165, 1.54) is 0 Å². The van der Waals surface area contributed by atoms with Crippen molar-refractivity contribution in [2.24, 2.45) is 0 Å². The Balaban J connectivity index is 2.51. The third kappa shape index (κ3) is 3.37. The molecule has 2 rings (SSSR count). The molecule has 0 saturated heterocycles. The number of anilines is 1. The van der Waals surface area contributed by atoms with E-state index in [9.17, 15) is 5.11 Å². The Morgan fingerprint density at radius 2 is 2.14 bits per heavy atom. The number of pyridine rings is 1. The van der Waals surface area contributed by atoms with Gasteiger partial charge in [0.05, 0.1) is 5.56 Å². The molecule has 2 aromatic rings. The van der Waals surface area contributed by atoms with Gasteiger partial charge in [0.25, 0.3) is 0 Å². The van der Waals surface area contributed by atoms with Crippen molar-refractivity contribution in [3.05, 3.63) is 24.2 Å². The van der Waals surface area contributed by atoms with Crippen molar-refractivity contribution in [1.29, 1.82) is 0 Å². The first-order valence-electron chi connectivity index (χ1n) is 6.91. The van der Waals surface area contributed by atoms with Crippen LogP contribution in [-0.2, 0) is 6.54 Å². The molecule has 2 aromatic heterocycles. The molecule has 7 heteroatoms. The average Bonchev–Trinajstić information content (AvgIpc) is 2.89. The highest BCUT2D eigenvalue weighted by molar-refractivity contribution is 5.70. The second kappa shape index (κ2) is 6.64. The molecule has 7 nitrogen and oxygen atoms in total. The number of aromatic nitrogens is 4. The monoisotopic (exact) mass is 291 g/mol. The Morgan fingerprint density at radius 1 is 1.38 bits per heavy atom. The summed E-state index contributed by atoms with van der Waals surface area (Å²) in [5.74, 6) is 1.81. The van der Waals surface area contributed by atoms with Crippen LogP contribution in [0.4, 0.5) is 5.82 Å². The van der Waals surface area contributed by atoms with Crippen LogP contribution in [0, 0.1) is 0 Å². The number of aryl methyl sites for hydroxylation is 1. The van der Waals surface area contributed by atoms with E-state index in [1.54, 1.807) is 17.8 Å². The molecule has 0 saturated carbocycles. The first-order chi connectivity index (χ1) is 10.0. The molecule has 2 heterocycles. The van der Waals surface area contributed by atoms with Gasteiger partial charge < -0.3 is 15.1 Å². The van der Waals surface area contributed by atoms with Crippen LogP contribution in [0.1, 0.15) is 25.3 Å². The Morgan fingerprint density at radius 3 is 2.76 bits per heavy atom. The van der Waals surface area contributed by atoms with Gasteiger partial charge in [0.2, 0.25) is 0 Å². The SMILES string of the molecule is CC(O)c1nc(-c2cccnc2N(C)C)n(CCCO)n1. The molecule has 1 unspecified atom stereocenters. The zero-order valence-electron chi connectivity index (χ0n) is 12.6. The van der Waals surface area contributed by atoms with Gasteiger partial charge in [0.15, 0.2) is 11.6 Å². The fourth-order valence-corrected chi connectivity index (χ4v) is 2.04. The van der Waals surface area contributed by atoms with Crippen LogP contribution in [0.2, 0.25) is 0 Å². The molecule has 0 fully saturated rings. The van der Waals surface area contributed by atoms with Crippen LogP contribution in [0.25, 0.3) is 11.4 Å². The Hall–Kier alpha value is -1.99. The molecule has 0 bridgehead atoms. The van der Waals surface area contributed by atoms with Crippen molar-refractivity contribution >= 4 is 5.82 Å². The number of aliphatic hydroxyl groups excluding tert-OH is 2. The van der Waals surface area contributed by atoms with Crippen molar-refractivity contribution in [3.63, 3.8) is 0 Å². The van der Waals surface area contributed by atoms with E-state index in [4.69, 9.17) is 5.11 Å². The number of nitrogens with zero attached hydrogens (tertiary/aromatic N) is 5. The summed E-state index contributed by atoms with van der Waals surface area (Å²) < 4.78 is 1.71. The van der Waals surface area contributed by atoms with E-state index in [2.05, 4.69) is 15.1 Å². The first-order valence-corrected chi connectivity index (χ1v) is 6.91. The molecule has 0 aromatic carbocycles. The zero-order chi connectivity index (χ0) is 15.4. The highest BCUT2D eigenvalue weighted by atomic mass is 16.3. The molecule has 0 aliphatic carbocycles. The van der Waals surface area contributed by atoms with Crippen LogP contribution in [0.3, 0.4) is 0 Å². The van der Waals surface area contributed by atoms with Gasteiger partial charge in [-0.1, -0.05) is 0 Å². The predicted octanol–water partition coefficient (Wildman–Crippen LogP) is 0.842. The number of aliphatic hydroxyl groups is 2. The standard InChI is InChI=1S/C14H21N5O2/c1-10(21)12-16-14(19(17-12)8-5-9-20)11-6-4-7-15-13(11)18(2)3/h4,6-7,10,20-21H,5,8-9H2,1-3H3. The van der Waals surface area contributed by atoms with Gasteiger partial charge in [0.1, 0.15) is 11.9 Å². The number of hydrogen-bond donors (Lipinski definition) is 2. The molecule has 0 aliphatic heterocycles. The topological polar surface area (TPSA) is 87.3 Å². The number of rotatable bonds is 6. The summed E-state index contributed by atoms with van der Waals surface area (Å²) in [5.41, 5.74) is 0.847. The minimum absolute atomic E-state index is 0.0802. The van der Waals surface area contributed by atoms with Gasteiger partial charge >= 0.3 is 0 Å². The lowest BCUT2D eigenvalue weighted by molar-refractivity contribution is 0.188. The molecule has 0 radical (unpaired) electrons. The maximum absolute atomic E-state index is 9.70. The second-order valence-electron chi connectivity index (χ2n) is 5.04. The molecular formula is C14H21N5O2. The van der Waals surface area contributed by atoms with Gasteiger partial charge in [-0.25, -0.2) is 14.6 Å². The predicted molar refractivity (Wildman–Crippen MR) is 79.9 cm³/mol. The van der Waals surface area contributed by atoms with E-state index in [-0.39, 0.29) is 6.61 Å². The molecule has 0 amide bonds. The lowest BCUT2D eigenvalue weighted by atomic mass is 10.2. The van der Waals surface area contributed by atoms with Crippen molar-refractivity contribution in [1.82, 2.24) is 19.7 Å². The quantitative estimate of drug-likeness (QED) is 0.820. The largest absolute Gasteiger partial charge is 0.396 e. The minimum Gasteiger partial charge on any atom is -0.396 e. The lowest BCUT2D eigenvalue weighted by Gasteiger charge is -2.15. The van der Waals surface area contributed by atoms with Gasteiger partial charge in [-0.05, 0) is 25.5 Å². The van der Waals surface area contributed by atoms with E-state index < -0.39 is 6.10 Å². The van der Waals surface area contributed by atoms with E-state index >= 15 is 0 Å². The summed E-state index contributed by atoms with van der Waals surface area (Å²) in [7, 11) is 3.83. The summed E-state index contributed by atoms with van der Waals surface area (Å²) >= 11 is 0. The zero-order valence-corrected chi connectivity index (χ0v) is 12.6. The van der Waals surface area contributed by atoms with E-state index in [0.29, 0.717) is 24.6 Å². The summed E-state index contributed by atoms with van der Waals surface area (Å²) in [6.45, 7) is 2.25. The Kier molecular flexibility index (Phi) is 4.87. The van der Waals surface area contributed by atoms with Crippen molar-refractivity contribution in [2.75, 3.05) is 25.6 Å². The highest BCUT2D eigenvalue weighted by Gasteiger charge is 2.18. The number of hydrogen-bond acceptors (Lipinski definition) is 6. The third-order valence-electron chi connectivity index (χ3n) is 3.04. The molecule has 0 spiro atoms. The van der Waals surface area contributed by atoms with Crippen LogP contribution in [-0.4, -0.2) is 50.7 Å². The highest BCUT2D eigenvalue weighted by Crippen LogP contribution is 2.27. The molecule has 1 atom stereocenters. The molecule has 0 aliphatic rings. The Labute approximate surface area is 123 Å². The van der Waals surface area contributed by atoms with Crippen molar-refractivity contribution < 1.29 is 10.2 Å². The van der Waals surface area contributed by atoms with Crippen LogP contribution in [0.5, 0.6) is 0 Å². The fourth-order valence-electron chi connectivity index (χ4n) is 2.04. The first kappa shape index (κ1) is 15.4. The molecule has 21 heavy (non-hydrogen) atoms. The maximum Gasteiger partial charge on any atom is 0.179 e. The summed E-state index contributed by atoms with van der Waals surface area (Å²) in [4.78, 5) is 10.7. The summed E-state index contributed by atoms with van der Waals surface area (Å²) in [6, 6.07) is 3.77. The molecule has 114 valence electrons. The van der Waals surface area contributed by atoms with Gasteiger partial charge in [-0.15, -0.1) is 0 Å². The van der Waals surface area contributed by atoms with Gasteiger partial charge in [-0.2, -0.15) is 5.10 Å². The third-order valence-corrected chi connectivity index (χ3v) is 3.04.